The summed E-state index contributed by atoms with van der Waals surface area (Å²) in [5, 5.41) is 22.2. The average molecular weight is 212 g/mol. The van der Waals surface area contributed by atoms with E-state index in [1.165, 1.54) is 0 Å². The molecule has 0 aliphatic heterocycles. The van der Waals surface area contributed by atoms with Crippen LogP contribution in [0.1, 0.15) is 37.9 Å². The lowest BCUT2D eigenvalue weighted by atomic mass is 10.1. The number of aromatic nitrogens is 2. The molecule has 15 heavy (non-hydrogen) atoms. The van der Waals surface area contributed by atoms with Crippen molar-refractivity contribution < 1.29 is 15.0 Å². The largest absolute Gasteiger partial charge is 0.481 e. The summed E-state index contributed by atoms with van der Waals surface area (Å²) in [4.78, 5) is 10.3. The Hall–Kier alpha value is -1.36. The maximum Gasteiger partial charge on any atom is 0.303 e. The van der Waals surface area contributed by atoms with E-state index < -0.39 is 12.1 Å². The Bertz CT molecular complexity index is 322. The fourth-order valence-corrected chi connectivity index (χ4v) is 1.33. The first-order valence-electron chi connectivity index (χ1n) is 5.05. The van der Waals surface area contributed by atoms with Crippen LogP contribution in [0.2, 0.25) is 0 Å². The van der Waals surface area contributed by atoms with Crippen LogP contribution in [0.4, 0.5) is 0 Å². The van der Waals surface area contributed by atoms with Crippen molar-refractivity contribution in [1.29, 1.82) is 0 Å². The van der Waals surface area contributed by atoms with Gasteiger partial charge in [-0.2, -0.15) is 5.10 Å². The van der Waals surface area contributed by atoms with E-state index in [9.17, 15) is 9.90 Å². The lowest BCUT2D eigenvalue weighted by Gasteiger charge is -2.05. The first kappa shape index (κ1) is 11.7. The van der Waals surface area contributed by atoms with E-state index in [4.69, 9.17) is 5.11 Å². The number of aliphatic carboxylic acids is 1. The minimum atomic E-state index is -0.894. The molecule has 0 radical (unpaired) electrons. The molecule has 84 valence electrons. The first-order chi connectivity index (χ1) is 7.13. The maximum atomic E-state index is 10.3. The van der Waals surface area contributed by atoms with Gasteiger partial charge in [0.1, 0.15) is 0 Å². The molecule has 0 aliphatic rings. The van der Waals surface area contributed by atoms with Gasteiger partial charge in [-0.25, -0.2) is 0 Å². The Kier molecular flexibility index (Phi) is 4.30. The summed E-state index contributed by atoms with van der Waals surface area (Å²) in [5.74, 6) is -0.894. The average Bonchev–Trinajstić information content (AvgIpc) is 2.63. The van der Waals surface area contributed by atoms with Crippen molar-refractivity contribution in [2.24, 2.45) is 0 Å². The van der Waals surface area contributed by atoms with Crippen LogP contribution in [0.15, 0.2) is 12.4 Å². The summed E-state index contributed by atoms with van der Waals surface area (Å²) >= 11 is 0. The molecule has 5 nitrogen and oxygen atoms in total. The number of carboxylic acid groups (broad SMARTS) is 1. The van der Waals surface area contributed by atoms with Crippen molar-refractivity contribution in [2.75, 3.05) is 0 Å². The van der Waals surface area contributed by atoms with E-state index in [-0.39, 0.29) is 12.8 Å². The van der Waals surface area contributed by atoms with Crippen molar-refractivity contribution >= 4 is 5.97 Å². The summed E-state index contributed by atoms with van der Waals surface area (Å²) in [6.45, 7) is 2.86. The Labute approximate surface area is 88.3 Å². The van der Waals surface area contributed by atoms with Crippen molar-refractivity contribution in [2.45, 2.75) is 38.8 Å². The van der Waals surface area contributed by atoms with Crippen molar-refractivity contribution in [1.82, 2.24) is 9.78 Å². The first-order valence-corrected chi connectivity index (χ1v) is 5.05. The topological polar surface area (TPSA) is 75.4 Å². The van der Waals surface area contributed by atoms with Crippen LogP contribution in [-0.2, 0) is 11.3 Å². The zero-order valence-electron chi connectivity index (χ0n) is 8.76. The van der Waals surface area contributed by atoms with Gasteiger partial charge in [-0.1, -0.05) is 6.92 Å². The van der Waals surface area contributed by atoms with Crippen LogP contribution >= 0.6 is 0 Å². The van der Waals surface area contributed by atoms with Gasteiger partial charge in [-0.3, -0.25) is 9.48 Å². The molecule has 0 spiro atoms. The third-order valence-corrected chi connectivity index (χ3v) is 2.12. The second-order valence-electron chi connectivity index (χ2n) is 3.48. The quantitative estimate of drug-likeness (QED) is 0.742. The molecule has 1 heterocycles. The highest BCUT2D eigenvalue weighted by atomic mass is 16.4. The highest BCUT2D eigenvalue weighted by Gasteiger charge is 2.11. The Balaban J connectivity index is 2.50. The molecule has 0 saturated carbocycles. The van der Waals surface area contributed by atoms with Gasteiger partial charge in [-0.15, -0.1) is 0 Å². The standard InChI is InChI=1S/C10H16N2O3/c1-2-5-12-7-8(6-11-12)9(13)3-4-10(14)15/h6-7,9,13H,2-5H2,1H3,(H,14,15). The number of nitrogens with zero attached hydrogens (tertiary/aromatic N) is 2. The molecule has 1 unspecified atom stereocenters. The lowest BCUT2D eigenvalue weighted by molar-refractivity contribution is -0.137. The van der Waals surface area contributed by atoms with Gasteiger partial charge in [0.05, 0.1) is 12.3 Å². The predicted molar refractivity (Wildman–Crippen MR) is 54.3 cm³/mol. The molecule has 5 heteroatoms. The smallest absolute Gasteiger partial charge is 0.303 e. The summed E-state index contributed by atoms with van der Waals surface area (Å²) < 4.78 is 1.75. The van der Waals surface area contributed by atoms with Gasteiger partial charge in [0.25, 0.3) is 0 Å². The zero-order valence-corrected chi connectivity index (χ0v) is 8.76. The molecule has 0 bridgehead atoms. The Morgan fingerprint density at radius 2 is 2.40 bits per heavy atom. The number of carbonyl (C=O) groups is 1. The van der Waals surface area contributed by atoms with Gasteiger partial charge in [0.15, 0.2) is 0 Å². The van der Waals surface area contributed by atoms with Gasteiger partial charge in [-0.05, 0) is 12.8 Å². The second kappa shape index (κ2) is 5.50. The molecule has 0 amide bonds. The van der Waals surface area contributed by atoms with Crippen LogP contribution in [0.25, 0.3) is 0 Å². The van der Waals surface area contributed by atoms with Gasteiger partial charge in [0, 0.05) is 24.7 Å². The Morgan fingerprint density at radius 1 is 1.67 bits per heavy atom. The van der Waals surface area contributed by atoms with Crippen LogP contribution in [-0.4, -0.2) is 26.0 Å². The number of aliphatic hydroxyl groups is 1. The fraction of sp³-hybridized carbons (Fsp3) is 0.600. The fourth-order valence-electron chi connectivity index (χ4n) is 1.33. The van der Waals surface area contributed by atoms with Gasteiger partial charge < -0.3 is 10.2 Å². The molecule has 2 N–H and O–H groups in total. The third kappa shape index (κ3) is 3.71. The molecule has 1 atom stereocenters. The summed E-state index contributed by atoms with van der Waals surface area (Å²) in [5.41, 5.74) is 0.685. The highest BCUT2D eigenvalue weighted by Crippen LogP contribution is 2.17. The number of hydrogen-bond donors (Lipinski definition) is 2. The predicted octanol–water partition coefficient (Wildman–Crippen LogP) is 1.19. The molecular formula is C10H16N2O3. The van der Waals surface area contributed by atoms with E-state index >= 15 is 0 Å². The van der Waals surface area contributed by atoms with Crippen molar-refractivity contribution in [3.63, 3.8) is 0 Å². The molecule has 0 saturated heterocycles. The summed E-state index contributed by atoms with van der Waals surface area (Å²) in [6.07, 6.45) is 3.80. The van der Waals surface area contributed by atoms with Crippen LogP contribution in [0, 0.1) is 0 Å². The number of aliphatic hydroxyl groups excluding tert-OH is 1. The normalized spacial score (nSPS) is 12.7. The highest BCUT2D eigenvalue weighted by molar-refractivity contribution is 5.66. The van der Waals surface area contributed by atoms with Crippen molar-refractivity contribution in [3.05, 3.63) is 18.0 Å². The molecule has 0 aliphatic carbocycles. The molecule has 1 aromatic heterocycles. The number of hydrogen-bond acceptors (Lipinski definition) is 3. The SMILES string of the molecule is CCCn1cc(C(O)CCC(=O)O)cn1. The minimum absolute atomic E-state index is 0.0277. The summed E-state index contributed by atoms with van der Waals surface area (Å²) in [6, 6.07) is 0. The molecule has 0 aromatic carbocycles. The van der Waals surface area contributed by atoms with E-state index in [2.05, 4.69) is 5.10 Å². The minimum Gasteiger partial charge on any atom is -0.481 e. The molecule has 1 aromatic rings. The van der Waals surface area contributed by atoms with Gasteiger partial charge >= 0.3 is 5.97 Å². The number of rotatable bonds is 6. The molecule has 0 fully saturated rings. The van der Waals surface area contributed by atoms with E-state index in [1.807, 2.05) is 6.92 Å². The maximum absolute atomic E-state index is 10.3. The monoisotopic (exact) mass is 212 g/mol. The van der Waals surface area contributed by atoms with E-state index in [0.29, 0.717) is 5.56 Å². The van der Waals surface area contributed by atoms with Crippen LogP contribution in [0.3, 0.4) is 0 Å². The van der Waals surface area contributed by atoms with Crippen LogP contribution in [0.5, 0.6) is 0 Å². The zero-order chi connectivity index (χ0) is 11.3. The lowest BCUT2D eigenvalue weighted by Crippen LogP contribution is -2.02. The molecule has 1 rings (SSSR count). The Morgan fingerprint density at radius 3 is 3.00 bits per heavy atom. The third-order valence-electron chi connectivity index (χ3n) is 2.12. The van der Waals surface area contributed by atoms with E-state index in [0.717, 1.165) is 13.0 Å². The number of carboxylic acids is 1. The number of aryl methyl sites for hydroxylation is 1. The second-order valence-corrected chi connectivity index (χ2v) is 3.48. The van der Waals surface area contributed by atoms with E-state index in [1.54, 1.807) is 17.1 Å². The van der Waals surface area contributed by atoms with Crippen molar-refractivity contribution in [3.8, 4) is 0 Å². The van der Waals surface area contributed by atoms with Gasteiger partial charge in [0.2, 0.25) is 0 Å². The van der Waals surface area contributed by atoms with Crippen LogP contribution < -0.4 is 0 Å². The summed E-state index contributed by atoms with van der Waals surface area (Å²) in [7, 11) is 0. The molecular weight excluding hydrogens is 196 g/mol.